The Morgan fingerprint density at radius 3 is 2.95 bits per heavy atom. The maximum absolute atomic E-state index is 11.4. The van der Waals surface area contributed by atoms with Crippen molar-refractivity contribution < 1.29 is 14.6 Å². The lowest BCUT2D eigenvalue weighted by Crippen LogP contribution is -2.43. The molecule has 1 atom stereocenters. The van der Waals surface area contributed by atoms with Gasteiger partial charge in [0.15, 0.2) is 0 Å². The number of hydrogen-bond donors (Lipinski definition) is 1. The minimum Gasteiger partial charge on any atom is -0.492 e. The van der Waals surface area contributed by atoms with Gasteiger partial charge in [0.05, 0.1) is 0 Å². The van der Waals surface area contributed by atoms with Crippen LogP contribution in [0.1, 0.15) is 24.8 Å². The fourth-order valence-corrected chi connectivity index (χ4v) is 2.77. The number of likely N-dealkylation sites (tertiary alicyclic amines) is 1. The van der Waals surface area contributed by atoms with Crippen LogP contribution in [0.2, 0.25) is 0 Å². The average molecular weight is 306 g/mol. The van der Waals surface area contributed by atoms with Crippen molar-refractivity contribution in [2.75, 3.05) is 33.8 Å². The molecule has 1 N–H and O–H groups in total. The molecule has 122 valence electrons. The van der Waals surface area contributed by atoms with Gasteiger partial charge in [0.2, 0.25) is 0 Å². The smallest absolute Gasteiger partial charge is 0.320 e. The maximum atomic E-state index is 11.4. The number of benzene rings is 1. The van der Waals surface area contributed by atoms with E-state index in [0.717, 1.165) is 43.7 Å². The van der Waals surface area contributed by atoms with E-state index in [4.69, 9.17) is 4.74 Å². The van der Waals surface area contributed by atoms with Crippen molar-refractivity contribution in [2.45, 2.75) is 31.8 Å². The third-order valence-corrected chi connectivity index (χ3v) is 3.99. The first-order chi connectivity index (χ1) is 10.6. The number of hydrogen-bond acceptors (Lipinski definition) is 4. The first kappa shape index (κ1) is 16.8. The summed E-state index contributed by atoms with van der Waals surface area (Å²) in [5, 5.41) is 9.34. The third kappa shape index (κ3) is 5.00. The van der Waals surface area contributed by atoms with E-state index in [-0.39, 0.29) is 6.04 Å². The third-order valence-electron chi connectivity index (χ3n) is 3.99. The van der Waals surface area contributed by atoms with Crippen molar-refractivity contribution in [3.05, 3.63) is 29.8 Å². The van der Waals surface area contributed by atoms with Crippen molar-refractivity contribution in [2.24, 2.45) is 0 Å². The molecule has 0 aliphatic carbocycles. The van der Waals surface area contributed by atoms with Gasteiger partial charge in [-0.1, -0.05) is 18.6 Å². The van der Waals surface area contributed by atoms with E-state index in [1.807, 2.05) is 38.4 Å². The summed E-state index contributed by atoms with van der Waals surface area (Å²) in [5.74, 6) is 0.140. The molecule has 2 rings (SSSR count). The minimum absolute atomic E-state index is 0.355. The number of ether oxygens (including phenoxy) is 1. The lowest BCUT2D eigenvalue weighted by Gasteiger charge is -2.32. The Bertz CT molecular complexity index is 491. The van der Waals surface area contributed by atoms with Crippen LogP contribution in [0.5, 0.6) is 5.75 Å². The van der Waals surface area contributed by atoms with Gasteiger partial charge in [0.1, 0.15) is 18.4 Å². The van der Waals surface area contributed by atoms with Gasteiger partial charge in [-0.15, -0.1) is 0 Å². The Balaban J connectivity index is 1.95. The number of piperidine rings is 1. The summed E-state index contributed by atoms with van der Waals surface area (Å²) in [6.07, 6.45) is 2.82. The molecule has 5 nitrogen and oxygen atoms in total. The molecule has 0 aromatic heterocycles. The second kappa shape index (κ2) is 8.15. The largest absolute Gasteiger partial charge is 0.492 e. The fraction of sp³-hybridized carbons (Fsp3) is 0.588. The van der Waals surface area contributed by atoms with Crippen LogP contribution in [0.15, 0.2) is 24.3 Å². The average Bonchev–Trinajstić information content (AvgIpc) is 2.47. The zero-order chi connectivity index (χ0) is 15.9. The van der Waals surface area contributed by atoms with Crippen molar-refractivity contribution >= 4 is 5.97 Å². The summed E-state index contributed by atoms with van der Waals surface area (Å²) in [7, 11) is 4.03. The molecule has 22 heavy (non-hydrogen) atoms. The molecule has 1 aromatic rings. The van der Waals surface area contributed by atoms with E-state index in [9.17, 15) is 9.90 Å². The van der Waals surface area contributed by atoms with E-state index in [1.165, 1.54) is 0 Å². The van der Waals surface area contributed by atoms with Crippen LogP contribution in [-0.2, 0) is 11.3 Å². The zero-order valence-corrected chi connectivity index (χ0v) is 13.5. The molecular weight excluding hydrogens is 280 g/mol. The molecular formula is C17H26N2O3. The van der Waals surface area contributed by atoms with Crippen molar-refractivity contribution in [3.63, 3.8) is 0 Å². The number of aliphatic carboxylic acids is 1. The highest BCUT2D eigenvalue weighted by molar-refractivity contribution is 5.73. The summed E-state index contributed by atoms with van der Waals surface area (Å²) >= 11 is 0. The zero-order valence-electron chi connectivity index (χ0n) is 13.5. The monoisotopic (exact) mass is 306 g/mol. The Morgan fingerprint density at radius 1 is 1.41 bits per heavy atom. The molecule has 0 radical (unpaired) electrons. The van der Waals surface area contributed by atoms with Crippen LogP contribution in [0.25, 0.3) is 0 Å². The van der Waals surface area contributed by atoms with Gasteiger partial charge in [-0.05, 0) is 51.2 Å². The van der Waals surface area contributed by atoms with E-state index in [2.05, 4.69) is 9.80 Å². The molecule has 0 bridgehead atoms. The molecule has 1 unspecified atom stereocenters. The lowest BCUT2D eigenvalue weighted by atomic mass is 10.0. The quantitative estimate of drug-likeness (QED) is 0.836. The van der Waals surface area contributed by atoms with Crippen molar-refractivity contribution in [1.82, 2.24) is 9.80 Å². The molecule has 1 heterocycles. The molecule has 1 saturated heterocycles. The normalized spacial score (nSPS) is 19.3. The van der Waals surface area contributed by atoms with Crippen LogP contribution < -0.4 is 4.74 Å². The number of carboxylic acids is 1. The lowest BCUT2D eigenvalue weighted by molar-refractivity contribution is -0.144. The summed E-state index contributed by atoms with van der Waals surface area (Å²) in [4.78, 5) is 15.5. The Kier molecular flexibility index (Phi) is 6.21. The highest BCUT2D eigenvalue weighted by Gasteiger charge is 2.28. The van der Waals surface area contributed by atoms with Gasteiger partial charge in [-0.3, -0.25) is 9.69 Å². The first-order valence-corrected chi connectivity index (χ1v) is 7.89. The standard InChI is InChI=1S/C17H26N2O3/c1-18(2)10-11-22-15-7-5-6-14(12-15)13-19-9-4-3-8-16(19)17(20)21/h5-7,12,16H,3-4,8-11,13H2,1-2H3,(H,20,21). The maximum Gasteiger partial charge on any atom is 0.320 e. The minimum atomic E-state index is -0.710. The van der Waals surface area contributed by atoms with Gasteiger partial charge in [0.25, 0.3) is 0 Å². The van der Waals surface area contributed by atoms with E-state index >= 15 is 0 Å². The molecule has 1 aromatic carbocycles. The number of carbonyl (C=O) groups is 1. The predicted molar refractivity (Wildman–Crippen MR) is 86.2 cm³/mol. The Morgan fingerprint density at radius 2 is 2.23 bits per heavy atom. The van der Waals surface area contributed by atoms with Crippen molar-refractivity contribution in [1.29, 1.82) is 0 Å². The van der Waals surface area contributed by atoms with E-state index < -0.39 is 5.97 Å². The second-order valence-electron chi connectivity index (χ2n) is 6.12. The summed E-state index contributed by atoms with van der Waals surface area (Å²) in [6.45, 7) is 3.04. The summed E-state index contributed by atoms with van der Waals surface area (Å²) < 4.78 is 5.74. The van der Waals surface area contributed by atoms with Crippen LogP contribution in [-0.4, -0.2) is 60.7 Å². The van der Waals surface area contributed by atoms with Crippen molar-refractivity contribution in [3.8, 4) is 5.75 Å². The second-order valence-corrected chi connectivity index (χ2v) is 6.12. The molecule has 1 aliphatic rings. The van der Waals surface area contributed by atoms with E-state index in [0.29, 0.717) is 13.2 Å². The SMILES string of the molecule is CN(C)CCOc1cccc(CN2CCCCC2C(=O)O)c1. The molecule has 0 spiro atoms. The molecule has 1 fully saturated rings. The van der Waals surface area contributed by atoms with Gasteiger partial charge in [-0.25, -0.2) is 0 Å². The fourth-order valence-electron chi connectivity index (χ4n) is 2.77. The molecule has 0 saturated carbocycles. The molecule has 1 aliphatic heterocycles. The number of likely N-dealkylation sites (N-methyl/N-ethyl adjacent to an activating group) is 1. The van der Waals surface area contributed by atoms with Gasteiger partial charge in [-0.2, -0.15) is 0 Å². The number of rotatable bonds is 7. The molecule has 0 amide bonds. The summed E-state index contributed by atoms with van der Waals surface area (Å²) in [5.41, 5.74) is 1.11. The van der Waals surface area contributed by atoms with Gasteiger partial charge < -0.3 is 14.7 Å². The van der Waals surface area contributed by atoms with E-state index in [1.54, 1.807) is 0 Å². The number of carboxylic acid groups (broad SMARTS) is 1. The Labute approximate surface area is 132 Å². The van der Waals surface area contributed by atoms with Crippen LogP contribution in [0, 0.1) is 0 Å². The van der Waals surface area contributed by atoms with Crippen LogP contribution in [0.3, 0.4) is 0 Å². The summed E-state index contributed by atoms with van der Waals surface area (Å²) in [6, 6.07) is 7.62. The first-order valence-electron chi connectivity index (χ1n) is 7.89. The topological polar surface area (TPSA) is 53.0 Å². The highest BCUT2D eigenvalue weighted by atomic mass is 16.5. The number of nitrogens with zero attached hydrogens (tertiary/aromatic N) is 2. The van der Waals surface area contributed by atoms with Crippen LogP contribution >= 0.6 is 0 Å². The predicted octanol–water partition coefficient (Wildman–Crippen LogP) is 2.07. The molecule has 5 heteroatoms. The van der Waals surface area contributed by atoms with Gasteiger partial charge >= 0.3 is 5.97 Å². The van der Waals surface area contributed by atoms with Gasteiger partial charge in [0, 0.05) is 13.1 Å². The van der Waals surface area contributed by atoms with Crippen LogP contribution in [0.4, 0.5) is 0 Å². The highest BCUT2D eigenvalue weighted by Crippen LogP contribution is 2.21. The Hall–Kier alpha value is -1.59.